The van der Waals surface area contributed by atoms with Gasteiger partial charge in [-0.3, -0.25) is 9.69 Å². The predicted octanol–water partition coefficient (Wildman–Crippen LogP) is 5.56. The smallest absolute Gasteiger partial charge is 0.252 e. The van der Waals surface area contributed by atoms with E-state index in [-0.39, 0.29) is 23.2 Å². The van der Waals surface area contributed by atoms with Gasteiger partial charge < -0.3 is 4.98 Å². The van der Waals surface area contributed by atoms with Crippen LogP contribution in [-0.2, 0) is 26.1 Å². The zero-order valence-electron chi connectivity index (χ0n) is 21.9. The largest absolute Gasteiger partial charge is 0.322 e. The first-order chi connectivity index (χ1) is 18.9. The van der Waals surface area contributed by atoms with Crippen LogP contribution in [0.25, 0.3) is 10.9 Å². The van der Waals surface area contributed by atoms with Gasteiger partial charge >= 0.3 is 0 Å². The second-order valence-corrected chi connectivity index (χ2v) is 9.68. The zero-order chi connectivity index (χ0) is 27.4. The Morgan fingerprint density at radius 1 is 0.872 bits per heavy atom. The second kappa shape index (κ2) is 11.7. The molecule has 200 valence electrons. The van der Waals surface area contributed by atoms with Gasteiger partial charge in [0.25, 0.3) is 5.56 Å². The maximum Gasteiger partial charge on any atom is 0.252 e. The fourth-order valence-electron chi connectivity index (χ4n) is 4.89. The van der Waals surface area contributed by atoms with Gasteiger partial charge in [0.2, 0.25) is 0 Å². The summed E-state index contributed by atoms with van der Waals surface area (Å²) in [4.78, 5) is 18.3. The van der Waals surface area contributed by atoms with E-state index < -0.39 is 0 Å². The number of benzene rings is 3. The standard InChI is InChI=1S/C30H30F2N6O/c1-3-20-9-14-27-23(15-20)16-24(30(39)33-27)19-37(17-21-5-10-25(31)11-6-21)28(4-2)29-34-35-36-38(29)18-22-7-12-26(32)13-8-22/h5-16,28H,3-4,17-19H2,1-2H3,(H,33,39)/t28-/m1/s1. The van der Waals surface area contributed by atoms with Crippen LogP contribution in [0.3, 0.4) is 0 Å². The number of aromatic amines is 1. The summed E-state index contributed by atoms with van der Waals surface area (Å²) < 4.78 is 28.8. The Balaban J connectivity index is 1.52. The van der Waals surface area contributed by atoms with Crippen LogP contribution in [-0.4, -0.2) is 30.1 Å². The van der Waals surface area contributed by atoms with E-state index in [1.54, 1.807) is 28.9 Å². The van der Waals surface area contributed by atoms with Crippen molar-refractivity contribution in [3.05, 3.63) is 123 Å². The molecule has 2 aromatic heterocycles. The first kappa shape index (κ1) is 26.4. The van der Waals surface area contributed by atoms with Crippen molar-refractivity contribution in [3.8, 4) is 0 Å². The van der Waals surface area contributed by atoms with Crippen LogP contribution in [0.4, 0.5) is 8.78 Å². The van der Waals surface area contributed by atoms with Gasteiger partial charge in [0.15, 0.2) is 5.82 Å². The number of tetrazole rings is 1. The number of nitrogens with one attached hydrogen (secondary N) is 1. The number of halogens is 2. The number of rotatable bonds is 10. The molecule has 5 aromatic rings. The van der Waals surface area contributed by atoms with Crippen LogP contribution < -0.4 is 5.56 Å². The van der Waals surface area contributed by atoms with Crippen molar-refractivity contribution in [2.75, 3.05) is 0 Å². The quantitative estimate of drug-likeness (QED) is 0.257. The predicted molar refractivity (Wildman–Crippen MR) is 146 cm³/mol. The fourth-order valence-corrected chi connectivity index (χ4v) is 4.89. The molecule has 0 saturated carbocycles. The molecule has 7 nitrogen and oxygen atoms in total. The van der Waals surface area contributed by atoms with Gasteiger partial charge in [-0.1, -0.05) is 44.2 Å². The third-order valence-corrected chi connectivity index (χ3v) is 7.00. The number of H-pyrrole nitrogens is 1. The Morgan fingerprint density at radius 2 is 1.54 bits per heavy atom. The number of pyridine rings is 1. The van der Waals surface area contributed by atoms with Crippen molar-refractivity contribution in [1.82, 2.24) is 30.1 Å². The monoisotopic (exact) mass is 528 g/mol. The average molecular weight is 529 g/mol. The molecule has 1 N–H and O–H groups in total. The van der Waals surface area contributed by atoms with Gasteiger partial charge in [0, 0.05) is 24.2 Å². The second-order valence-electron chi connectivity index (χ2n) is 9.68. The summed E-state index contributed by atoms with van der Waals surface area (Å²) in [5.74, 6) is 0.0203. The summed E-state index contributed by atoms with van der Waals surface area (Å²) in [6.07, 6.45) is 1.56. The molecule has 0 aliphatic heterocycles. The van der Waals surface area contributed by atoms with Crippen molar-refractivity contribution in [2.24, 2.45) is 0 Å². The SMILES string of the molecule is CCc1ccc2[nH]c(=O)c(CN(Cc3ccc(F)cc3)[C@H](CC)c3nnnn3Cc3ccc(F)cc3)cc2c1. The molecule has 9 heteroatoms. The molecule has 39 heavy (non-hydrogen) atoms. The van der Waals surface area contributed by atoms with Crippen LogP contribution >= 0.6 is 0 Å². The van der Waals surface area contributed by atoms with Crippen molar-refractivity contribution in [2.45, 2.75) is 52.4 Å². The zero-order valence-corrected chi connectivity index (χ0v) is 21.9. The van der Waals surface area contributed by atoms with E-state index in [0.29, 0.717) is 37.4 Å². The summed E-state index contributed by atoms with van der Waals surface area (Å²) in [5, 5.41) is 13.5. The lowest BCUT2D eigenvalue weighted by Crippen LogP contribution is -2.32. The Kier molecular flexibility index (Phi) is 7.88. The van der Waals surface area contributed by atoms with Crippen LogP contribution in [0.15, 0.2) is 77.6 Å². The van der Waals surface area contributed by atoms with Crippen LogP contribution in [0.5, 0.6) is 0 Å². The van der Waals surface area contributed by atoms with Gasteiger partial charge in [-0.2, -0.15) is 0 Å². The van der Waals surface area contributed by atoms with Crippen molar-refractivity contribution >= 4 is 10.9 Å². The van der Waals surface area contributed by atoms with Gasteiger partial charge in [-0.05, 0) is 87.8 Å². The highest BCUT2D eigenvalue weighted by Crippen LogP contribution is 2.27. The normalized spacial score (nSPS) is 12.3. The van der Waals surface area contributed by atoms with Crippen LogP contribution in [0, 0.1) is 11.6 Å². The molecule has 0 saturated heterocycles. The van der Waals surface area contributed by atoms with E-state index in [4.69, 9.17) is 0 Å². The Bertz CT molecular complexity index is 1610. The molecule has 2 heterocycles. The lowest BCUT2D eigenvalue weighted by atomic mass is 10.1. The molecule has 0 aliphatic rings. The molecule has 0 aliphatic carbocycles. The number of hydrogen-bond acceptors (Lipinski definition) is 5. The third-order valence-electron chi connectivity index (χ3n) is 7.00. The van der Waals surface area contributed by atoms with Crippen LogP contribution in [0.1, 0.15) is 54.4 Å². The number of fused-ring (bicyclic) bond motifs is 1. The number of aromatic nitrogens is 5. The highest BCUT2D eigenvalue weighted by molar-refractivity contribution is 5.79. The summed E-state index contributed by atoms with van der Waals surface area (Å²) in [5.41, 5.74) is 4.21. The highest BCUT2D eigenvalue weighted by Gasteiger charge is 2.26. The minimum absolute atomic E-state index is 0.156. The Labute approximate surface area is 225 Å². The molecule has 0 radical (unpaired) electrons. The van der Waals surface area contributed by atoms with Crippen molar-refractivity contribution < 1.29 is 8.78 Å². The third kappa shape index (κ3) is 6.09. The number of nitrogens with zero attached hydrogens (tertiary/aromatic N) is 5. The summed E-state index contributed by atoms with van der Waals surface area (Å²) in [6, 6.07) is 20.3. The van der Waals surface area contributed by atoms with E-state index in [2.05, 4.69) is 38.4 Å². The number of aryl methyl sites for hydroxylation is 1. The lowest BCUT2D eigenvalue weighted by molar-refractivity contribution is 0.161. The average Bonchev–Trinajstić information content (AvgIpc) is 3.39. The van der Waals surface area contributed by atoms with E-state index >= 15 is 0 Å². The molecular formula is C30H30F2N6O. The fraction of sp³-hybridized carbons (Fsp3) is 0.267. The minimum atomic E-state index is -0.307. The number of hydrogen-bond donors (Lipinski definition) is 1. The van der Waals surface area contributed by atoms with Crippen molar-refractivity contribution in [3.63, 3.8) is 0 Å². The van der Waals surface area contributed by atoms with E-state index in [1.165, 1.54) is 29.8 Å². The van der Waals surface area contributed by atoms with Crippen molar-refractivity contribution in [1.29, 1.82) is 0 Å². The lowest BCUT2D eigenvalue weighted by Gasteiger charge is -2.30. The van der Waals surface area contributed by atoms with Gasteiger partial charge in [0.1, 0.15) is 11.6 Å². The van der Waals surface area contributed by atoms with E-state index in [9.17, 15) is 13.6 Å². The molecule has 0 amide bonds. The molecule has 0 unspecified atom stereocenters. The van der Waals surface area contributed by atoms with Gasteiger partial charge in [-0.15, -0.1) is 5.10 Å². The summed E-state index contributed by atoms with van der Waals surface area (Å²) >= 11 is 0. The maximum absolute atomic E-state index is 13.7. The molecule has 5 rings (SSSR count). The summed E-state index contributed by atoms with van der Waals surface area (Å²) in [6.45, 7) is 5.30. The van der Waals surface area contributed by atoms with E-state index in [0.717, 1.165) is 28.5 Å². The first-order valence-corrected chi connectivity index (χ1v) is 13.1. The topological polar surface area (TPSA) is 79.7 Å². The maximum atomic E-state index is 13.7. The summed E-state index contributed by atoms with van der Waals surface area (Å²) in [7, 11) is 0. The highest BCUT2D eigenvalue weighted by atomic mass is 19.1. The molecule has 0 fully saturated rings. The van der Waals surface area contributed by atoms with Crippen LogP contribution in [0.2, 0.25) is 0 Å². The first-order valence-electron chi connectivity index (χ1n) is 13.1. The van der Waals surface area contributed by atoms with Gasteiger partial charge in [-0.25, -0.2) is 13.5 Å². The molecule has 1 atom stereocenters. The molecule has 0 spiro atoms. The molecule has 0 bridgehead atoms. The van der Waals surface area contributed by atoms with Gasteiger partial charge in [0.05, 0.1) is 12.6 Å². The molecular weight excluding hydrogens is 498 g/mol. The van der Waals surface area contributed by atoms with E-state index in [1.807, 2.05) is 25.1 Å². The minimum Gasteiger partial charge on any atom is -0.322 e. The Morgan fingerprint density at radius 3 is 2.21 bits per heavy atom. The Hall–Kier alpha value is -4.24. The molecule has 3 aromatic carbocycles.